The quantitative estimate of drug-likeness (QED) is 0.126. The molecule has 3 atom stereocenters. The van der Waals surface area contributed by atoms with Crippen molar-refractivity contribution in [3.05, 3.63) is 352 Å². The number of rotatable bonds is 10. The van der Waals surface area contributed by atoms with E-state index in [0.29, 0.717) is 0 Å². The molecule has 402 valence electrons. The summed E-state index contributed by atoms with van der Waals surface area (Å²) < 4.78 is 0. The van der Waals surface area contributed by atoms with Crippen molar-refractivity contribution in [3.8, 4) is 22.3 Å². The second kappa shape index (κ2) is 19.4. The fourth-order valence-electron chi connectivity index (χ4n) is 16.1. The second-order valence-corrected chi connectivity index (χ2v) is 24.1. The van der Waals surface area contributed by atoms with Gasteiger partial charge in [0.25, 0.3) is 0 Å². The Bertz CT molecular complexity index is 4590. The third-order valence-electron chi connectivity index (χ3n) is 19.4. The first-order valence-corrected chi connectivity index (χ1v) is 30.1. The summed E-state index contributed by atoms with van der Waals surface area (Å²) in [5, 5.41) is 5.22. The van der Waals surface area contributed by atoms with Crippen LogP contribution in [0.25, 0.3) is 43.8 Å². The molecule has 4 aliphatic carbocycles. The highest BCUT2D eigenvalue weighted by Gasteiger charge is 2.52. The Hall–Kier alpha value is -9.76. The van der Waals surface area contributed by atoms with Crippen molar-refractivity contribution >= 4 is 50.0 Å². The highest BCUT2D eigenvalue weighted by molar-refractivity contribution is 6.18. The summed E-state index contributed by atoms with van der Waals surface area (Å²) in [6, 6.07) is 101. The SMILES string of the molecule is Cc1cccc(N(C2=CC(C3(c4ccccc4)c4ccccc4-c4ccccc43)C(C)C=C2)c2ccc3ccc4c(N(c5cccc(C)c5)c5cccc(C6(c7ccccc7)c7ccccc7-c7ccccc76)c5)ccc5c4c3c2C(C)C5)c1. The molecule has 0 aromatic heterocycles. The van der Waals surface area contributed by atoms with Crippen LogP contribution in [0.3, 0.4) is 0 Å². The van der Waals surface area contributed by atoms with Crippen molar-refractivity contribution < 1.29 is 0 Å². The first kappa shape index (κ1) is 50.0. The van der Waals surface area contributed by atoms with E-state index in [0.717, 1.165) is 17.8 Å². The Morgan fingerprint density at radius 2 is 0.905 bits per heavy atom. The Balaban J connectivity index is 0.911. The lowest BCUT2D eigenvalue weighted by molar-refractivity contribution is 0.372. The summed E-state index contributed by atoms with van der Waals surface area (Å²) in [5.74, 6) is 0.563. The molecule has 0 bridgehead atoms. The van der Waals surface area contributed by atoms with E-state index in [-0.39, 0.29) is 17.8 Å². The van der Waals surface area contributed by atoms with E-state index >= 15 is 0 Å². The number of anilines is 5. The largest absolute Gasteiger partial charge is 0.311 e. The average molecular weight is 1080 g/mol. The predicted molar refractivity (Wildman–Crippen MR) is 352 cm³/mol. The van der Waals surface area contributed by atoms with Gasteiger partial charge in [-0.3, -0.25) is 0 Å². The van der Waals surface area contributed by atoms with Gasteiger partial charge in [-0.05, 0) is 186 Å². The number of hydrogen-bond acceptors (Lipinski definition) is 2. The molecule has 0 radical (unpaired) electrons. The van der Waals surface area contributed by atoms with Crippen LogP contribution in [0.4, 0.5) is 28.4 Å². The van der Waals surface area contributed by atoms with Crippen molar-refractivity contribution in [1.29, 1.82) is 0 Å². The number of allylic oxidation sites excluding steroid dienone is 3. The minimum Gasteiger partial charge on any atom is -0.311 e. The van der Waals surface area contributed by atoms with Crippen LogP contribution >= 0.6 is 0 Å². The average Bonchev–Trinajstić information content (AvgIpc) is 1.94. The number of nitrogens with zero attached hydrogens (tertiary/aromatic N) is 2. The number of benzene rings is 12. The topological polar surface area (TPSA) is 6.48 Å². The molecule has 4 aliphatic rings. The fourth-order valence-corrected chi connectivity index (χ4v) is 16.1. The maximum absolute atomic E-state index is 2.65. The molecular formula is C82H64N2. The van der Waals surface area contributed by atoms with E-state index in [1.54, 1.807) is 0 Å². The predicted octanol–water partition coefficient (Wildman–Crippen LogP) is 21.0. The first-order valence-electron chi connectivity index (χ1n) is 30.1. The molecule has 3 unspecified atom stereocenters. The fraction of sp³-hybridized carbons (Fsp3) is 0.122. The molecule has 0 fully saturated rings. The summed E-state index contributed by atoms with van der Waals surface area (Å²) in [5.41, 5.74) is 25.7. The number of hydrogen-bond donors (Lipinski definition) is 0. The highest BCUT2D eigenvalue weighted by Crippen LogP contribution is 2.61. The van der Waals surface area contributed by atoms with E-state index in [4.69, 9.17) is 0 Å². The van der Waals surface area contributed by atoms with Gasteiger partial charge in [0, 0.05) is 34.1 Å². The van der Waals surface area contributed by atoms with Crippen LogP contribution in [-0.4, -0.2) is 0 Å². The van der Waals surface area contributed by atoms with E-state index in [2.05, 4.69) is 323 Å². The van der Waals surface area contributed by atoms with Crippen molar-refractivity contribution in [2.75, 3.05) is 9.80 Å². The Morgan fingerprint density at radius 1 is 0.405 bits per heavy atom. The molecule has 0 N–H and O–H groups in total. The molecule has 12 aromatic rings. The summed E-state index contributed by atoms with van der Waals surface area (Å²) in [4.78, 5) is 5.15. The van der Waals surface area contributed by atoms with Gasteiger partial charge in [-0.25, -0.2) is 0 Å². The zero-order valence-corrected chi connectivity index (χ0v) is 48.0. The highest BCUT2D eigenvalue weighted by atomic mass is 15.2. The molecule has 0 heterocycles. The third-order valence-corrected chi connectivity index (χ3v) is 19.4. The zero-order chi connectivity index (χ0) is 56.3. The van der Waals surface area contributed by atoms with Crippen LogP contribution in [0, 0.1) is 25.7 Å². The Labute approximate surface area is 494 Å². The van der Waals surface area contributed by atoms with Gasteiger partial charge in [0.1, 0.15) is 0 Å². The van der Waals surface area contributed by atoms with E-state index in [9.17, 15) is 0 Å². The molecule has 2 heteroatoms. The Morgan fingerprint density at radius 3 is 1.52 bits per heavy atom. The first-order chi connectivity index (χ1) is 41.3. The van der Waals surface area contributed by atoms with E-state index < -0.39 is 10.8 Å². The maximum Gasteiger partial charge on any atom is 0.0714 e. The number of fused-ring (bicyclic) bond motifs is 6. The van der Waals surface area contributed by atoms with Gasteiger partial charge < -0.3 is 9.80 Å². The summed E-state index contributed by atoms with van der Waals surface area (Å²) in [6.45, 7) is 9.33. The van der Waals surface area contributed by atoms with Crippen molar-refractivity contribution in [2.24, 2.45) is 11.8 Å². The van der Waals surface area contributed by atoms with Crippen molar-refractivity contribution in [1.82, 2.24) is 0 Å². The number of aryl methyl sites for hydroxylation is 2. The van der Waals surface area contributed by atoms with Gasteiger partial charge >= 0.3 is 0 Å². The minimum absolute atomic E-state index is 0.0908. The molecule has 0 spiro atoms. The lowest BCUT2D eigenvalue weighted by Crippen LogP contribution is -2.40. The smallest absolute Gasteiger partial charge is 0.0714 e. The van der Waals surface area contributed by atoms with Crippen LogP contribution in [0.5, 0.6) is 0 Å². The van der Waals surface area contributed by atoms with Crippen molar-refractivity contribution in [3.63, 3.8) is 0 Å². The van der Waals surface area contributed by atoms with Crippen LogP contribution in [-0.2, 0) is 17.3 Å². The summed E-state index contributed by atoms with van der Waals surface area (Å²) in [7, 11) is 0. The monoisotopic (exact) mass is 1080 g/mol. The van der Waals surface area contributed by atoms with E-state index in [1.807, 2.05) is 0 Å². The molecule has 2 nitrogen and oxygen atoms in total. The zero-order valence-electron chi connectivity index (χ0n) is 48.0. The summed E-state index contributed by atoms with van der Waals surface area (Å²) >= 11 is 0. The molecule has 12 aromatic carbocycles. The second-order valence-electron chi connectivity index (χ2n) is 24.1. The standard InChI is InChI=1S/C82H64N2/c1-53-22-19-29-62(48-53)83(64-31-21-28-61(51-64)81(59-24-7-5-8-25-59)71-36-15-11-32-66(71)67-33-12-16-37-72(67)81)76-46-43-58-50-56(4)78-77(47-42-57-41-45-70(76)79(58)80(57)78)84(63-30-20-23-54(2)49-63)65-44-40-55(3)75(52-65)82(60-26-9-6-10-27-60)73-38-17-13-34-68(73)69-35-14-18-39-74(69)82/h5-49,51-52,55-56,75H,50H2,1-4H3. The molecule has 0 saturated heterocycles. The minimum atomic E-state index is -0.536. The van der Waals surface area contributed by atoms with Gasteiger partial charge in [-0.15, -0.1) is 0 Å². The lowest BCUT2D eigenvalue weighted by atomic mass is 9.59. The normalized spacial score (nSPS) is 17.3. The van der Waals surface area contributed by atoms with Gasteiger partial charge in [0.2, 0.25) is 0 Å². The van der Waals surface area contributed by atoms with Gasteiger partial charge in [-0.1, -0.05) is 244 Å². The third kappa shape index (κ3) is 7.29. The molecule has 0 aliphatic heterocycles. The molecule has 84 heavy (non-hydrogen) atoms. The van der Waals surface area contributed by atoms with Gasteiger partial charge in [-0.2, -0.15) is 0 Å². The Kier molecular flexibility index (Phi) is 11.6. The van der Waals surface area contributed by atoms with Crippen LogP contribution < -0.4 is 9.80 Å². The van der Waals surface area contributed by atoms with Crippen LogP contribution in [0.15, 0.2) is 291 Å². The molecule has 0 amide bonds. The van der Waals surface area contributed by atoms with Gasteiger partial charge in [0.05, 0.1) is 22.2 Å². The van der Waals surface area contributed by atoms with Crippen molar-refractivity contribution in [2.45, 2.75) is 50.9 Å². The molecular weight excluding hydrogens is 1010 g/mol. The van der Waals surface area contributed by atoms with Crippen LogP contribution in [0.2, 0.25) is 0 Å². The molecule has 16 rings (SSSR count). The molecule has 0 saturated carbocycles. The van der Waals surface area contributed by atoms with Crippen LogP contribution in [0.1, 0.15) is 81.0 Å². The maximum atomic E-state index is 2.65. The van der Waals surface area contributed by atoms with E-state index in [1.165, 1.54) is 128 Å². The van der Waals surface area contributed by atoms with Gasteiger partial charge in [0.15, 0.2) is 0 Å². The lowest BCUT2D eigenvalue weighted by Gasteiger charge is -2.44. The summed E-state index contributed by atoms with van der Waals surface area (Å²) in [6.07, 6.45) is 8.49.